The summed E-state index contributed by atoms with van der Waals surface area (Å²) in [6.07, 6.45) is 1.33. The van der Waals surface area contributed by atoms with Gasteiger partial charge in [-0.25, -0.2) is 0 Å². The fourth-order valence-electron chi connectivity index (χ4n) is 2.14. The van der Waals surface area contributed by atoms with E-state index in [-0.39, 0.29) is 0 Å². The van der Waals surface area contributed by atoms with Crippen LogP contribution in [0, 0.1) is 6.92 Å². The van der Waals surface area contributed by atoms with Gasteiger partial charge in [0.05, 0.1) is 0 Å². The van der Waals surface area contributed by atoms with Gasteiger partial charge in [0.25, 0.3) is 0 Å². The molecule has 4 nitrogen and oxygen atoms in total. The predicted molar refractivity (Wildman–Crippen MR) is 83.2 cm³/mol. The molecule has 1 heterocycles. The molecule has 0 fully saturated rings. The first-order chi connectivity index (χ1) is 10.2. The normalized spacial score (nSPS) is 10.6. The molecule has 3 rings (SSSR count). The number of rotatable bonds is 4. The van der Waals surface area contributed by atoms with Gasteiger partial charge >= 0.3 is 0 Å². The van der Waals surface area contributed by atoms with Gasteiger partial charge in [-0.15, -0.1) is 10.2 Å². The molecule has 0 aliphatic rings. The molecule has 106 valence electrons. The molecule has 1 N–H and O–H groups in total. The summed E-state index contributed by atoms with van der Waals surface area (Å²) in [7, 11) is 0. The lowest BCUT2D eigenvalue weighted by atomic mass is 10.1. The number of benzene rings is 2. The van der Waals surface area contributed by atoms with Gasteiger partial charge in [-0.3, -0.25) is 0 Å². The van der Waals surface area contributed by atoms with Crippen molar-refractivity contribution < 1.29 is 4.42 Å². The summed E-state index contributed by atoms with van der Waals surface area (Å²) in [4.78, 5) is 0. The van der Waals surface area contributed by atoms with E-state index in [1.807, 2.05) is 49.4 Å². The summed E-state index contributed by atoms with van der Waals surface area (Å²) < 4.78 is 5.20. The fraction of sp³-hybridized carbons (Fsp3) is 0.125. The van der Waals surface area contributed by atoms with E-state index in [4.69, 9.17) is 16.0 Å². The monoisotopic (exact) mass is 299 g/mol. The van der Waals surface area contributed by atoms with Crippen molar-refractivity contribution in [1.29, 1.82) is 0 Å². The van der Waals surface area contributed by atoms with Gasteiger partial charge in [0, 0.05) is 22.8 Å². The topological polar surface area (TPSA) is 51.0 Å². The highest BCUT2D eigenvalue weighted by molar-refractivity contribution is 6.30. The minimum Gasteiger partial charge on any atom is -0.423 e. The third-order valence-electron chi connectivity index (χ3n) is 3.21. The number of hydrogen-bond acceptors (Lipinski definition) is 4. The zero-order chi connectivity index (χ0) is 14.7. The number of aryl methyl sites for hydroxylation is 1. The van der Waals surface area contributed by atoms with Gasteiger partial charge in [0.1, 0.15) is 0 Å². The van der Waals surface area contributed by atoms with E-state index in [1.54, 1.807) is 0 Å². The Bertz CT molecular complexity index is 741. The van der Waals surface area contributed by atoms with Gasteiger partial charge in [-0.05, 0) is 48.4 Å². The molecule has 0 saturated heterocycles. The van der Waals surface area contributed by atoms with Crippen LogP contribution >= 0.6 is 11.6 Å². The Morgan fingerprint density at radius 1 is 1.19 bits per heavy atom. The molecule has 21 heavy (non-hydrogen) atoms. The third-order valence-corrected chi connectivity index (χ3v) is 3.44. The quantitative estimate of drug-likeness (QED) is 0.780. The van der Waals surface area contributed by atoms with Crippen molar-refractivity contribution >= 4 is 17.3 Å². The average molecular weight is 300 g/mol. The zero-order valence-electron chi connectivity index (χ0n) is 11.5. The van der Waals surface area contributed by atoms with Crippen LogP contribution in [0.2, 0.25) is 5.02 Å². The minimum absolute atomic E-state index is 0.527. The Hall–Kier alpha value is -2.33. The van der Waals surface area contributed by atoms with E-state index in [0.717, 1.165) is 33.9 Å². The van der Waals surface area contributed by atoms with E-state index in [1.165, 1.54) is 6.39 Å². The first kappa shape index (κ1) is 13.6. The lowest BCUT2D eigenvalue weighted by molar-refractivity contribution is 0.568. The van der Waals surface area contributed by atoms with Crippen LogP contribution in [0.4, 0.5) is 5.69 Å². The van der Waals surface area contributed by atoms with Crippen molar-refractivity contribution in [2.24, 2.45) is 0 Å². The minimum atomic E-state index is 0.527. The number of nitrogens with zero attached hydrogens (tertiary/aromatic N) is 2. The van der Waals surface area contributed by atoms with Crippen LogP contribution in [0.3, 0.4) is 0 Å². The number of anilines is 1. The molecule has 0 saturated carbocycles. The van der Waals surface area contributed by atoms with Gasteiger partial charge in [-0.1, -0.05) is 23.7 Å². The van der Waals surface area contributed by atoms with Crippen LogP contribution in [0.25, 0.3) is 11.5 Å². The highest BCUT2D eigenvalue weighted by atomic mass is 35.5. The molecule has 0 aliphatic carbocycles. The lowest BCUT2D eigenvalue weighted by Crippen LogP contribution is -2.01. The molecule has 0 atom stereocenters. The van der Waals surface area contributed by atoms with Crippen LogP contribution in [-0.4, -0.2) is 10.2 Å². The second-order valence-corrected chi connectivity index (χ2v) is 5.19. The van der Waals surface area contributed by atoms with Crippen molar-refractivity contribution in [3.05, 3.63) is 65.0 Å². The molecular formula is C16H14ClN3O. The highest BCUT2D eigenvalue weighted by Gasteiger charge is 2.06. The first-order valence-electron chi connectivity index (χ1n) is 6.58. The maximum atomic E-state index is 5.98. The first-order valence-corrected chi connectivity index (χ1v) is 6.96. The maximum Gasteiger partial charge on any atom is 0.247 e. The van der Waals surface area contributed by atoms with Crippen molar-refractivity contribution in [3.63, 3.8) is 0 Å². The molecule has 0 radical (unpaired) electrons. The maximum absolute atomic E-state index is 5.98. The smallest absolute Gasteiger partial charge is 0.247 e. The summed E-state index contributed by atoms with van der Waals surface area (Å²) in [6.45, 7) is 2.77. The largest absolute Gasteiger partial charge is 0.423 e. The van der Waals surface area contributed by atoms with E-state index in [9.17, 15) is 0 Å². The van der Waals surface area contributed by atoms with E-state index in [0.29, 0.717) is 5.89 Å². The standard InChI is InChI=1S/C16H14ClN3O/c1-11-7-13(16-20-19-10-21-16)5-6-15(11)18-9-12-3-2-4-14(17)8-12/h2-8,10,18H,9H2,1H3. The van der Waals surface area contributed by atoms with Crippen molar-refractivity contribution in [3.8, 4) is 11.5 Å². The number of halogens is 1. The van der Waals surface area contributed by atoms with E-state index < -0.39 is 0 Å². The number of aromatic nitrogens is 2. The lowest BCUT2D eigenvalue weighted by Gasteiger charge is -2.10. The van der Waals surface area contributed by atoms with Gasteiger partial charge in [0.15, 0.2) is 0 Å². The summed E-state index contributed by atoms with van der Waals surface area (Å²) >= 11 is 5.98. The number of nitrogens with one attached hydrogen (secondary N) is 1. The Morgan fingerprint density at radius 3 is 2.81 bits per heavy atom. The van der Waals surface area contributed by atoms with Crippen LogP contribution in [-0.2, 0) is 6.54 Å². The molecule has 0 unspecified atom stereocenters. The van der Waals surface area contributed by atoms with Crippen molar-refractivity contribution in [2.45, 2.75) is 13.5 Å². The average Bonchev–Trinajstić information content (AvgIpc) is 3.00. The fourth-order valence-corrected chi connectivity index (χ4v) is 2.35. The van der Waals surface area contributed by atoms with Crippen LogP contribution in [0.15, 0.2) is 53.3 Å². The summed E-state index contributed by atoms with van der Waals surface area (Å²) in [6, 6.07) is 13.8. The molecular weight excluding hydrogens is 286 g/mol. The second-order valence-electron chi connectivity index (χ2n) is 4.76. The Kier molecular flexibility index (Phi) is 3.88. The van der Waals surface area contributed by atoms with Gasteiger partial charge < -0.3 is 9.73 Å². The predicted octanol–water partition coefficient (Wildman–Crippen LogP) is 4.31. The Balaban J connectivity index is 1.74. The molecule has 1 aromatic heterocycles. The third kappa shape index (κ3) is 3.23. The molecule has 0 amide bonds. The van der Waals surface area contributed by atoms with Gasteiger partial charge in [-0.2, -0.15) is 0 Å². The van der Waals surface area contributed by atoms with E-state index in [2.05, 4.69) is 15.5 Å². The van der Waals surface area contributed by atoms with Gasteiger partial charge in [0.2, 0.25) is 12.3 Å². The molecule has 2 aromatic carbocycles. The highest BCUT2D eigenvalue weighted by Crippen LogP contribution is 2.23. The summed E-state index contributed by atoms with van der Waals surface area (Å²) in [5.74, 6) is 0.527. The van der Waals surface area contributed by atoms with Crippen molar-refractivity contribution in [1.82, 2.24) is 10.2 Å². The second kappa shape index (κ2) is 5.97. The summed E-state index contributed by atoms with van der Waals surface area (Å²) in [5, 5.41) is 11.8. The molecule has 3 aromatic rings. The molecule has 0 bridgehead atoms. The molecule has 0 spiro atoms. The van der Waals surface area contributed by atoms with E-state index >= 15 is 0 Å². The summed E-state index contributed by atoms with van der Waals surface area (Å²) in [5.41, 5.74) is 4.24. The Morgan fingerprint density at radius 2 is 2.10 bits per heavy atom. The zero-order valence-corrected chi connectivity index (χ0v) is 12.3. The van der Waals surface area contributed by atoms with Crippen LogP contribution in [0.1, 0.15) is 11.1 Å². The van der Waals surface area contributed by atoms with Crippen LogP contribution < -0.4 is 5.32 Å². The van der Waals surface area contributed by atoms with Crippen LogP contribution in [0.5, 0.6) is 0 Å². The molecule has 0 aliphatic heterocycles. The van der Waals surface area contributed by atoms with Crippen molar-refractivity contribution in [2.75, 3.05) is 5.32 Å². The SMILES string of the molecule is Cc1cc(-c2nnco2)ccc1NCc1cccc(Cl)c1. The Labute approximate surface area is 127 Å². The number of hydrogen-bond donors (Lipinski definition) is 1. The molecule has 5 heteroatoms.